The minimum atomic E-state index is -0.653. The lowest BCUT2D eigenvalue weighted by atomic mass is 9.94. The first kappa shape index (κ1) is 25.1. The van der Waals surface area contributed by atoms with Crippen molar-refractivity contribution in [3.05, 3.63) is 68.3 Å². The molecular weight excluding hydrogens is 564 g/mol. The number of aryl methyl sites for hydroxylation is 1. The summed E-state index contributed by atoms with van der Waals surface area (Å²) >= 11 is 10.2. The van der Waals surface area contributed by atoms with E-state index in [0.29, 0.717) is 46.7 Å². The molecule has 0 saturated heterocycles. The van der Waals surface area contributed by atoms with Crippen LogP contribution in [0.5, 0.6) is 0 Å². The largest absolute Gasteiger partial charge is 0.360 e. The van der Waals surface area contributed by atoms with Crippen LogP contribution in [-0.4, -0.2) is 50.8 Å². The maximum absolute atomic E-state index is 13.3. The molecule has 0 aliphatic heterocycles. The van der Waals surface area contributed by atoms with Crippen molar-refractivity contribution in [1.82, 2.24) is 19.7 Å². The van der Waals surface area contributed by atoms with Crippen molar-refractivity contribution in [3.63, 3.8) is 0 Å². The molecule has 0 aliphatic carbocycles. The predicted octanol–water partition coefficient (Wildman–Crippen LogP) is 6.59. The standard InChI is InChI=1S/C26H26BrClN4O3S/c1-15-11-20(35-31-15)24-22(16-5-7-17(27)8-6-16)23-18-12-21(28)32(14-34-9-10-36(2,3)4)25(18)29-13-19(23)30-26(24)33/h5-8,11-13H,9-10,14H2,1-4H3,(H,30,33). The van der Waals surface area contributed by atoms with Crippen LogP contribution in [0.2, 0.25) is 5.15 Å². The van der Waals surface area contributed by atoms with Crippen molar-refractivity contribution in [1.29, 1.82) is 0 Å². The quantitative estimate of drug-likeness (QED) is 0.216. The Balaban J connectivity index is 1.75. The molecule has 0 radical (unpaired) electrons. The summed E-state index contributed by atoms with van der Waals surface area (Å²) in [4.78, 5) is 21.0. The summed E-state index contributed by atoms with van der Waals surface area (Å²) in [6.45, 7) is 2.76. The van der Waals surface area contributed by atoms with Crippen molar-refractivity contribution in [2.45, 2.75) is 13.7 Å². The Kier molecular flexibility index (Phi) is 6.76. The van der Waals surface area contributed by atoms with Crippen LogP contribution in [0.25, 0.3) is 44.4 Å². The molecule has 0 fully saturated rings. The monoisotopic (exact) mass is 588 g/mol. The first-order valence-corrected chi connectivity index (χ1v) is 15.5. The summed E-state index contributed by atoms with van der Waals surface area (Å²) in [6, 6.07) is 11.5. The molecule has 5 aromatic rings. The lowest BCUT2D eigenvalue weighted by Gasteiger charge is -2.24. The number of nitrogens with one attached hydrogen (secondary N) is 1. The first-order valence-electron chi connectivity index (χ1n) is 11.3. The Bertz CT molecular complexity index is 1630. The second kappa shape index (κ2) is 9.70. The summed E-state index contributed by atoms with van der Waals surface area (Å²) in [5.41, 5.74) is 3.70. The smallest absolute Gasteiger partial charge is 0.260 e. The van der Waals surface area contributed by atoms with E-state index in [4.69, 9.17) is 20.9 Å². The Labute approximate surface area is 223 Å². The minimum Gasteiger partial charge on any atom is -0.360 e. The van der Waals surface area contributed by atoms with Crippen molar-refractivity contribution in [2.75, 3.05) is 31.1 Å². The van der Waals surface area contributed by atoms with Crippen LogP contribution in [-0.2, 0) is 11.5 Å². The van der Waals surface area contributed by atoms with Crippen molar-refractivity contribution < 1.29 is 9.26 Å². The predicted molar refractivity (Wildman–Crippen MR) is 152 cm³/mol. The zero-order valence-electron chi connectivity index (χ0n) is 20.4. The maximum atomic E-state index is 13.3. The van der Waals surface area contributed by atoms with E-state index in [2.05, 4.69) is 49.8 Å². The molecule has 0 amide bonds. The molecule has 0 bridgehead atoms. The summed E-state index contributed by atoms with van der Waals surface area (Å²) in [6.07, 6.45) is 8.46. The van der Waals surface area contributed by atoms with Gasteiger partial charge in [0, 0.05) is 32.6 Å². The number of hydrogen-bond donors (Lipinski definition) is 1. The summed E-state index contributed by atoms with van der Waals surface area (Å²) in [5.74, 6) is 1.41. The van der Waals surface area contributed by atoms with Gasteiger partial charge < -0.3 is 14.2 Å². The number of aromatic nitrogens is 4. The molecule has 0 spiro atoms. The third kappa shape index (κ3) is 4.85. The molecule has 1 aromatic carbocycles. The normalized spacial score (nSPS) is 12.6. The van der Waals surface area contributed by atoms with Gasteiger partial charge >= 0.3 is 0 Å². The molecule has 0 atom stereocenters. The van der Waals surface area contributed by atoms with E-state index in [-0.39, 0.29) is 5.56 Å². The van der Waals surface area contributed by atoms with Gasteiger partial charge in [0.15, 0.2) is 5.76 Å². The number of nitrogens with zero attached hydrogens (tertiary/aromatic N) is 3. The third-order valence-electron chi connectivity index (χ3n) is 5.92. The first-order chi connectivity index (χ1) is 17.1. The van der Waals surface area contributed by atoms with Crippen molar-refractivity contribution in [2.24, 2.45) is 0 Å². The highest BCUT2D eigenvalue weighted by Gasteiger charge is 2.23. The van der Waals surface area contributed by atoms with Crippen LogP contribution in [0.3, 0.4) is 0 Å². The topological polar surface area (TPSA) is 85.9 Å². The van der Waals surface area contributed by atoms with Crippen LogP contribution in [0.4, 0.5) is 0 Å². The highest BCUT2D eigenvalue weighted by molar-refractivity contribution is 9.10. The number of aromatic amines is 1. The lowest BCUT2D eigenvalue weighted by molar-refractivity contribution is 0.0925. The highest BCUT2D eigenvalue weighted by Crippen LogP contribution is 2.40. The number of rotatable bonds is 7. The maximum Gasteiger partial charge on any atom is 0.260 e. The molecular formula is C26H26BrClN4O3S. The molecule has 0 saturated carbocycles. The molecule has 5 rings (SSSR count). The van der Waals surface area contributed by atoms with Gasteiger partial charge in [-0.05, 0) is 49.5 Å². The lowest BCUT2D eigenvalue weighted by Crippen LogP contribution is -2.12. The van der Waals surface area contributed by atoms with Crippen LogP contribution < -0.4 is 5.56 Å². The molecule has 4 heterocycles. The van der Waals surface area contributed by atoms with E-state index in [1.165, 1.54) is 0 Å². The van der Waals surface area contributed by atoms with Gasteiger partial charge in [-0.25, -0.2) is 15.0 Å². The molecule has 188 valence electrons. The molecule has 7 nitrogen and oxygen atoms in total. The van der Waals surface area contributed by atoms with E-state index in [0.717, 1.165) is 32.1 Å². The van der Waals surface area contributed by atoms with Crippen LogP contribution in [0, 0.1) is 6.92 Å². The number of benzene rings is 1. The number of ether oxygens (including phenoxy) is 1. The van der Waals surface area contributed by atoms with Gasteiger partial charge in [-0.2, -0.15) is 0 Å². The second-order valence-electron chi connectivity index (χ2n) is 9.56. The van der Waals surface area contributed by atoms with Crippen molar-refractivity contribution in [3.8, 4) is 22.5 Å². The average molecular weight is 590 g/mol. The number of hydrogen-bond acceptors (Lipinski definition) is 5. The van der Waals surface area contributed by atoms with Gasteiger partial charge in [0.25, 0.3) is 5.56 Å². The van der Waals surface area contributed by atoms with Gasteiger partial charge in [0.1, 0.15) is 17.5 Å². The Hall–Kier alpha value is -2.59. The van der Waals surface area contributed by atoms with Gasteiger partial charge in [0.2, 0.25) is 0 Å². The molecule has 36 heavy (non-hydrogen) atoms. The molecule has 0 unspecified atom stereocenters. The average Bonchev–Trinajstić information content (AvgIpc) is 3.38. The van der Waals surface area contributed by atoms with Gasteiger partial charge in [-0.1, -0.05) is 44.8 Å². The van der Waals surface area contributed by atoms with E-state index in [1.54, 1.807) is 12.3 Å². The van der Waals surface area contributed by atoms with E-state index >= 15 is 0 Å². The highest BCUT2D eigenvalue weighted by atomic mass is 79.9. The molecule has 4 aromatic heterocycles. The third-order valence-corrected chi connectivity index (χ3v) is 8.15. The Morgan fingerprint density at radius 1 is 1.17 bits per heavy atom. The van der Waals surface area contributed by atoms with E-state index in [9.17, 15) is 4.79 Å². The van der Waals surface area contributed by atoms with Crippen molar-refractivity contribution >= 4 is 59.5 Å². The molecule has 10 heteroatoms. The van der Waals surface area contributed by atoms with E-state index < -0.39 is 10.0 Å². The molecule has 0 aliphatic rings. The van der Waals surface area contributed by atoms with Gasteiger partial charge in [-0.3, -0.25) is 9.36 Å². The van der Waals surface area contributed by atoms with E-state index in [1.807, 2.05) is 41.8 Å². The molecule has 1 N–H and O–H groups in total. The summed E-state index contributed by atoms with van der Waals surface area (Å²) in [5, 5.41) is 6.17. The summed E-state index contributed by atoms with van der Waals surface area (Å²) < 4.78 is 14.3. The van der Waals surface area contributed by atoms with Crippen LogP contribution in [0.15, 0.2) is 56.4 Å². The van der Waals surface area contributed by atoms with Crippen LogP contribution >= 0.6 is 37.6 Å². The zero-order valence-corrected chi connectivity index (χ0v) is 23.6. The Morgan fingerprint density at radius 2 is 1.92 bits per heavy atom. The minimum absolute atomic E-state index is 0.281. The fourth-order valence-corrected chi connectivity index (χ4v) is 5.28. The van der Waals surface area contributed by atoms with Gasteiger partial charge in [0.05, 0.1) is 29.6 Å². The fourth-order valence-electron chi connectivity index (χ4n) is 4.16. The second-order valence-corrected chi connectivity index (χ2v) is 15.4. The Morgan fingerprint density at radius 3 is 2.58 bits per heavy atom. The fraction of sp³-hybridized carbons (Fsp3) is 0.269. The summed E-state index contributed by atoms with van der Waals surface area (Å²) in [7, 11) is -0.653. The van der Waals surface area contributed by atoms with Crippen LogP contribution in [0.1, 0.15) is 5.69 Å². The number of pyridine rings is 2. The number of H-pyrrole nitrogens is 1. The number of halogens is 2. The number of fused-ring (bicyclic) bond motifs is 3. The zero-order chi connectivity index (χ0) is 25.6. The SMILES string of the molecule is Cc1cc(-c2c(-c3ccc(Br)cc3)c3c(cnc4c3cc(Cl)n4COCCS(C)(C)C)[nH]c2=O)on1. The van der Waals surface area contributed by atoms with Gasteiger partial charge in [-0.15, -0.1) is 0 Å².